The molecule has 15 nitrogen and oxygen atoms in total. The van der Waals surface area contributed by atoms with Crippen molar-refractivity contribution in [2.75, 3.05) is 11.9 Å². The number of aromatic hydroxyl groups is 2. The highest BCUT2D eigenvalue weighted by molar-refractivity contribution is 7.80. The summed E-state index contributed by atoms with van der Waals surface area (Å²) in [4.78, 5) is 13.5. The minimum atomic E-state index is -1.49. The lowest BCUT2D eigenvalue weighted by atomic mass is 9.77. The molecule has 5 atom stereocenters. The molecule has 250 valence electrons. The van der Waals surface area contributed by atoms with Gasteiger partial charge in [-0.15, -0.1) is 0 Å². The van der Waals surface area contributed by atoms with Gasteiger partial charge in [0, 0.05) is 40.6 Å². The number of phenols is 2. The van der Waals surface area contributed by atoms with E-state index in [9.17, 15) is 30.3 Å². The lowest BCUT2D eigenvalue weighted by Gasteiger charge is -2.42. The molecule has 0 amide bonds. The fraction of sp³-hybridized carbons (Fsp3) is 0.212. The Kier molecular flexibility index (Phi) is 7.27. The fourth-order valence-corrected chi connectivity index (χ4v) is 6.66. The van der Waals surface area contributed by atoms with Crippen molar-refractivity contribution in [3.63, 3.8) is 0 Å². The van der Waals surface area contributed by atoms with Gasteiger partial charge in [-0.25, -0.2) is 9.42 Å². The summed E-state index contributed by atoms with van der Waals surface area (Å²) in [5.74, 6) is 0.0264. The molecule has 1 fully saturated rings. The van der Waals surface area contributed by atoms with Gasteiger partial charge in [0.05, 0.1) is 12.2 Å². The molecule has 49 heavy (non-hydrogen) atoms. The maximum Gasteiger partial charge on any atom is 0.340 e. The van der Waals surface area contributed by atoms with Crippen LogP contribution >= 0.6 is 12.2 Å². The van der Waals surface area contributed by atoms with Crippen LogP contribution in [0.2, 0.25) is 0 Å². The Morgan fingerprint density at radius 3 is 2.29 bits per heavy atom. The average molecular weight is 687 g/mol. The number of carbonyl (C=O) groups excluding carboxylic acids is 1. The predicted molar refractivity (Wildman–Crippen MR) is 171 cm³/mol. The van der Waals surface area contributed by atoms with Crippen molar-refractivity contribution in [3.8, 4) is 28.7 Å². The number of thiocarbonyl (C=S) groups is 1. The minimum Gasteiger partial charge on any atom is -0.508 e. The number of nitrogens with zero attached hydrogens (tertiary/aromatic N) is 2. The number of nitrogens with one attached hydrogen (secondary N) is 2. The van der Waals surface area contributed by atoms with Gasteiger partial charge in [-0.2, -0.15) is 0 Å². The second kappa shape index (κ2) is 11.6. The first-order chi connectivity index (χ1) is 23.6. The second-order valence-corrected chi connectivity index (χ2v) is 12.1. The van der Waals surface area contributed by atoms with Crippen LogP contribution in [0.15, 0.2) is 77.4 Å². The Hall–Kier alpha value is -5.52. The molecule has 4 heterocycles. The van der Waals surface area contributed by atoms with E-state index in [1.807, 2.05) is 0 Å². The maximum absolute atomic E-state index is 13.5. The van der Waals surface area contributed by atoms with Crippen LogP contribution in [0.4, 0.5) is 5.69 Å². The first-order valence-corrected chi connectivity index (χ1v) is 15.4. The van der Waals surface area contributed by atoms with Crippen LogP contribution in [0.25, 0.3) is 11.0 Å². The fourth-order valence-electron chi connectivity index (χ4n) is 6.41. The number of aliphatic hydroxyl groups is 3. The topological polar surface area (TPSA) is 218 Å². The van der Waals surface area contributed by atoms with Crippen LogP contribution in [0.3, 0.4) is 0 Å². The highest BCUT2D eigenvalue weighted by Gasteiger charge is 2.54. The summed E-state index contributed by atoms with van der Waals surface area (Å²) in [6.45, 7) is -0.587. The lowest BCUT2D eigenvalue weighted by Crippen LogP contribution is -2.65. The van der Waals surface area contributed by atoms with E-state index in [0.29, 0.717) is 33.4 Å². The van der Waals surface area contributed by atoms with Crippen molar-refractivity contribution in [2.45, 2.75) is 36.2 Å². The Balaban J connectivity index is 1.08. The number of ether oxygens (including phenoxy) is 4. The van der Waals surface area contributed by atoms with E-state index < -0.39 is 48.8 Å². The summed E-state index contributed by atoms with van der Waals surface area (Å²) in [5.41, 5.74) is 1.51. The summed E-state index contributed by atoms with van der Waals surface area (Å²) < 4.78 is 28.6. The number of phenolic OH excluding ortho intramolecular Hbond substituents is 2. The minimum absolute atomic E-state index is 0.0132. The molecule has 0 saturated carbocycles. The maximum atomic E-state index is 13.5. The highest BCUT2D eigenvalue weighted by atomic mass is 32.1. The number of hydrogen-bond acceptors (Lipinski definition) is 14. The summed E-state index contributed by atoms with van der Waals surface area (Å²) >= 11 is 5.55. The third-order valence-corrected chi connectivity index (χ3v) is 8.91. The van der Waals surface area contributed by atoms with Crippen LogP contribution in [-0.2, 0) is 15.1 Å². The molecule has 0 aliphatic carbocycles. The number of carbonyl (C=O) groups is 1. The highest BCUT2D eigenvalue weighted by Crippen LogP contribution is 2.57. The quantitative estimate of drug-likeness (QED) is 0.104. The summed E-state index contributed by atoms with van der Waals surface area (Å²) in [6, 6.07) is 17.5. The van der Waals surface area contributed by atoms with E-state index in [-0.39, 0.29) is 39.4 Å². The SMILES string of the molecule is O=C1OC2(c3ccc(O)cc3Oc3cc(O)ccc32)c2ccc(NC(=S)NC3C(Oc4ccc5nonc5c4)OC(CO)C(O)C3O)cc21. The van der Waals surface area contributed by atoms with Crippen LogP contribution in [0.5, 0.6) is 28.7 Å². The van der Waals surface area contributed by atoms with Crippen molar-refractivity contribution in [1.29, 1.82) is 0 Å². The molecular formula is C33H26N4O11S. The van der Waals surface area contributed by atoms with E-state index in [4.69, 9.17) is 35.8 Å². The van der Waals surface area contributed by atoms with Crippen LogP contribution in [0, 0.1) is 0 Å². The molecule has 5 unspecified atom stereocenters. The van der Waals surface area contributed by atoms with Crippen molar-refractivity contribution in [3.05, 3.63) is 95.1 Å². The molecule has 0 radical (unpaired) electrons. The van der Waals surface area contributed by atoms with Gasteiger partial charge in [-0.3, -0.25) is 0 Å². The van der Waals surface area contributed by atoms with E-state index in [0.717, 1.165) is 0 Å². The molecule has 4 aromatic carbocycles. The molecule has 1 saturated heterocycles. The van der Waals surface area contributed by atoms with Gasteiger partial charge in [-0.05, 0) is 71.1 Å². The largest absolute Gasteiger partial charge is 0.508 e. The standard InChI is InChI=1S/C33H26N4O11S/c38-13-26-28(41)29(42)27(31(46-26)44-17-4-8-22-23(12-17)37-48-36-22)35-32(49)34-14-1-5-19-18(9-14)30(43)47-33(19)20-6-2-15(39)10-24(20)45-25-11-16(40)3-7-21(25)33/h1-12,26-29,31,38-42H,13H2,(H2,34,35,49). The van der Waals surface area contributed by atoms with Gasteiger partial charge in [0.25, 0.3) is 0 Å². The van der Waals surface area contributed by atoms with Crippen molar-refractivity contribution in [1.82, 2.24) is 15.6 Å². The molecule has 16 heteroatoms. The number of benzene rings is 4. The van der Waals surface area contributed by atoms with Crippen LogP contribution in [0.1, 0.15) is 27.0 Å². The van der Waals surface area contributed by atoms with Crippen LogP contribution < -0.4 is 20.1 Å². The zero-order valence-corrected chi connectivity index (χ0v) is 25.8. The number of esters is 1. The van der Waals surface area contributed by atoms with Crippen LogP contribution in [-0.4, -0.2) is 84.2 Å². The zero-order chi connectivity index (χ0) is 34.0. The summed E-state index contributed by atoms with van der Waals surface area (Å²) in [5, 5.41) is 65.2. The van der Waals surface area contributed by atoms with E-state index >= 15 is 0 Å². The van der Waals surface area contributed by atoms with Gasteiger partial charge in [0.15, 0.2) is 10.7 Å². The number of fused-ring (bicyclic) bond motifs is 7. The van der Waals surface area contributed by atoms with Crippen molar-refractivity contribution >= 4 is 40.0 Å². The Labute approximate surface area is 281 Å². The molecule has 3 aliphatic rings. The first-order valence-electron chi connectivity index (χ1n) is 15.0. The molecule has 0 bridgehead atoms. The monoisotopic (exact) mass is 686 g/mol. The summed E-state index contributed by atoms with van der Waals surface area (Å²) in [6.07, 6.45) is -5.36. The Morgan fingerprint density at radius 1 is 0.878 bits per heavy atom. The van der Waals surface area contributed by atoms with Gasteiger partial charge in [0.1, 0.15) is 64.1 Å². The first kappa shape index (κ1) is 30.8. The molecule has 8 rings (SSSR count). The van der Waals surface area contributed by atoms with Gasteiger partial charge < -0.3 is 55.1 Å². The number of hydrogen-bond donors (Lipinski definition) is 7. The third kappa shape index (κ3) is 5.04. The number of aromatic nitrogens is 2. The number of aliphatic hydroxyl groups excluding tert-OH is 3. The van der Waals surface area contributed by atoms with Gasteiger partial charge >= 0.3 is 5.97 Å². The normalized spacial score (nSPS) is 23.2. The number of anilines is 1. The smallest absolute Gasteiger partial charge is 0.340 e. The van der Waals surface area contributed by atoms with Gasteiger partial charge in [-0.1, -0.05) is 6.07 Å². The third-order valence-electron chi connectivity index (χ3n) is 8.69. The lowest BCUT2D eigenvalue weighted by molar-refractivity contribution is -0.242. The second-order valence-electron chi connectivity index (χ2n) is 11.7. The predicted octanol–water partition coefficient (Wildman–Crippen LogP) is 2.38. The van der Waals surface area contributed by atoms with Gasteiger partial charge in [0.2, 0.25) is 6.29 Å². The number of rotatable bonds is 5. The Morgan fingerprint density at radius 2 is 1.57 bits per heavy atom. The molecule has 7 N–H and O–H groups in total. The van der Waals surface area contributed by atoms with Crippen molar-refractivity contribution in [2.24, 2.45) is 0 Å². The molecule has 3 aliphatic heterocycles. The molecule has 1 aromatic heterocycles. The zero-order valence-electron chi connectivity index (χ0n) is 25.0. The summed E-state index contributed by atoms with van der Waals surface area (Å²) in [7, 11) is 0. The van der Waals surface area contributed by atoms with Crippen molar-refractivity contribution < 1.29 is 53.9 Å². The Bertz CT molecular complexity index is 2090. The molecule has 1 spiro atoms. The molecule has 5 aromatic rings. The molecular weight excluding hydrogens is 660 g/mol. The van der Waals surface area contributed by atoms with E-state index in [2.05, 4.69) is 20.9 Å². The average Bonchev–Trinajstić information content (AvgIpc) is 3.66. The van der Waals surface area contributed by atoms with E-state index in [1.165, 1.54) is 24.3 Å². The van der Waals surface area contributed by atoms with E-state index in [1.54, 1.807) is 48.5 Å².